The molecule has 0 aromatic rings. The first-order valence-electron chi connectivity index (χ1n) is 8.09. The predicted molar refractivity (Wildman–Crippen MR) is 81.8 cm³/mol. The Morgan fingerprint density at radius 2 is 1.57 bits per heavy atom. The Bertz CT molecular complexity index is 419. The highest BCUT2D eigenvalue weighted by atomic mass is 16.4. The molecule has 0 saturated heterocycles. The molecule has 0 spiro atoms. The summed E-state index contributed by atoms with van der Waals surface area (Å²) < 4.78 is 0. The molecule has 2 aliphatic carbocycles. The third kappa shape index (κ3) is 3.09. The predicted octanol–water partition coefficient (Wildman–Crippen LogP) is 3.21. The van der Waals surface area contributed by atoms with Gasteiger partial charge in [-0.2, -0.15) is 0 Å². The van der Waals surface area contributed by atoms with Gasteiger partial charge in [0.05, 0.1) is 6.42 Å². The highest BCUT2D eigenvalue weighted by Gasteiger charge is 2.64. The minimum absolute atomic E-state index is 0.0247. The molecule has 2 saturated carbocycles. The number of aliphatic carboxylic acids is 1. The third-order valence-corrected chi connectivity index (χ3v) is 6.55. The topological polar surface area (TPSA) is 66.4 Å². The minimum Gasteiger partial charge on any atom is -0.481 e. The number of nitrogens with one attached hydrogen (secondary N) is 1. The molecule has 1 amide bonds. The van der Waals surface area contributed by atoms with Crippen molar-refractivity contribution >= 4 is 11.9 Å². The van der Waals surface area contributed by atoms with Gasteiger partial charge in [0.25, 0.3) is 0 Å². The number of amides is 1. The normalized spacial score (nSPS) is 25.5. The summed E-state index contributed by atoms with van der Waals surface area (Å²) in [6, 6.07) is 0. The van der Waals surface area contributed by atoms with Crippen molar-refractivity contribution in [2.45, 2.75) is 66.2 Å². The smallest absolute Gasteiger partial charge is 0.303 e. The Hall–Kier alpha value is -1.06. The standard InChI is InChI=1S/C17H29NO3/c1-15(2)12(16(15,3)4)11-18-13(19)9-17(10-14(20)21)7-5-6-8-17/h12H,5-11H2,1-4H3,(H,18,19)(H,20,21). The van der Waals surface area contributed by atoms with Gasteiger partial charge in [0, 0.05) is 13.0 Å². The highest BCUT2D eigenvalue weighted by molar-refractivity contribution is 5.78. The van der Waals surface area contributed by atoms with E-state index in [0.717, 1.165) is 25.7 Å². The number of rotatable bonds is 6. The Kier molecular flexibility index (Phi) is 4.11. The van der Waals surface area contributed by atoms with Gasteiger partial charge in [-0.05, 0) is 35.0 Å². The van der Waals surface area contributed by atoms with Crippen molar-refractivity contribution in [3.63, 3.8) is 0 Å². The molecule has 0 atom stereocenters. The Morgan fingerprint density at radius 1 is 1.05 bits per heavy atom. The van der Waals surface area contributed by atoms with Crippen LogP contribution in [0.5, 0.6) is 0 Å². The molecule has 120 valence electrons. The van der Waals surface area contributed by atoms with Gasteiger partial charge >= 0.3 is 5.97 Å². The van der Waals surface area contributed by atoms with Gasteiger partial charge in [0.15, 0.2) is 0 Å². The van der Waals surface area contributed by atoms with Gasteiger partial charge in [-0.25, -0.2) is 0 Å². The second-order valence-corrected chi connectivity index (χ2v) is 8.25. The van der Waals surface area contributed by atoms with E-state index in [-0.39, 0.29) is 28.6 Å². The zero-order valence-electron chi connectivity index (χ0n) is 13.8. The fraction of sp³-hybridized carbons (Fsp3) is 0.882. The van der Waals surface area contributed by atoms with Crippen LogP contribution in [-0.4, -0.2) is 23.5 Å². The maximum atomic E-state index is 12.2. The van der Waals surface area contributed by atoms with Crippen LogP contribution in [0.15, 0.2) is 0 Å². The quantitative estimate of drug-likeness (QED) is 0.790. The number of carboxylic acids is 1. The largest absolute Gasteiger partial charge is 0.481 e. The lowest BCUT2D eigenvalue weighted by atomic mass is 9.79. The molecule has 4 nitrogen and oxygen atoms in total. The molecule has 0 radical (unpaired) electrons. The fourth-order valence-corrected chi connectivity index (χ4v) is 4.32. The van der Waals surface area contributed by atoms with E-state index in [1.54, 1.807) is 0 Å². The maximum Gasteiger partial charge on any atom is 0.303 e. The molecular formula is C17H29NO3. The molecule has 0 unspecified atom stereocenters. The summed E-state index contributed by atoms with van der Waals surface area (Å²) >= 11 is 0. The van der Waals surface area contributed by atoms with Crippen LogP contribution >= 0.6 is 0 Å². The first-order chi connectivity index (χ1) is 9.61. The van der Waals surface area contributed by atoms with Crippen molar-refractivity contribution in [1.82, 2.24) is 5.32 Å². The molecule has 4 heteroatoms. The van der Waals surface area contributed by atoms with Crippen LogP contribution in [0, 0.1) is 22.2 Å². The summed E-state index contributed by atoms with van der Waals surface area (Å²) in [7, 11) is 0. The van der Waals surface area contributed by atoms with E-state index in [1.165, 1.54) is 0 Å². The highest BCUT2D eigenvalue weighted by Crippen LogP contribution is 2.67. The van der Waals surface area contributed by atoms with Crippen molar-refractivity contribution < 1.29 is 14.7 Å². The Labute approximate surface area is 127 Å². The van der Waals surface area contributed by atoms with Crippen LogP contribution in [0.2, 0.25) is 0 Å². The molecule has 0 aromatic heterocycles. The number of hydrogen-bond donors (Lipinski definition) is 2. The monoisotopic (exact) mass is 295 g/mol. The van der Waals surface area contributed by atoms with E-state index in [0.29, 0.717) is 18.9 Å². The first kappa shape index (κ1) is 16.3. The van der Waals surface area contributed by atoms with Crippen LogP contribution in [0.4, 0.5) is 0 Å². The zero-order valence-corrected chi connectivity index (χ0v) is 13.8. The van der Waals surface area contributed by atoms with Gasteiger partial charge in [0.1, 0.15) is 0 Å². The summed E-state index contributed by atoms with van der Waals surface area (Å²) in [5.74, 6) is -0.251. The van der Waals surface area contributed by atoms with Crippen LogP contribution in [-0.2, 0) is 9.59 Å². The van der Waals surface area contributed by atoms with Crippen molar-refractivity contribution in [3.8, 4) is 0 Å². The zero-order chi connectivity index (χ0) is 15.9. The van der Waals surface area contributed by atoms with Crippen LogP contribution in [0.25, 0.3) is 0 Å². The third-order valence-electron chi connectivity index (χ3n) is 6.55. The second-order valence-electron chi connectivity index (χ2n) is 8.25. The fourth-order valence-electron chi connectivity index (χ4n) is 4.32. The molecule has 2 N–H and O–H groups in total. The molecule has 2 fully saturated rings. The van der Waals surface area contributed by atoms with Crippen LogP contribution in [0.1, 0.15) is 66.2 Å². The molecule has 21 heavy (non-hydrogen) atoms. The van der Waals surface area contributed by atoms with Gasteiger partial charge in [-0.1, -0.05) is 40.5 Å². The van der Waals surface area contributed by atoms with Gasteiger partial charge in [0.2, 0.25) is 5.91 Å². The molecule has 0 heterocycles. The molecule has 0 bridgehead atoms. The summed E-state index contributed by atoms with van der Waals surface area (Å²) in [4.78, 5) is 23.3. The lowest BCUT2D eigenvalue weighted by Crippen LogP contribution is -2.33. The average Bonchev–Trinajstić information content (AvgIpc) is 2.66. The summed E-state index contributed by atoms with van der Waals surface area (Å²) in [5.41, 5.74) is 0.239. The van der Waals surface area contributed by atoms with E-state index in [9.17, 15) is 9.59 Å². The summed E-state index contributed by atoms with van der Waals surface area (Å²) in [6.45, 7) is 9.68. The molecular weight excluding hydrogens is 266 g/mol. The van der Waals surface area contributed by atoms with Crippen molar-refractivity contribution in [1.29, 1.82) is 0 Å². The molecule has 2 aliphatic rings. The van der Waals surface area contributed by atoms with Crippen molar-refractivity contribution in [2.24, 2.45) is 22.2 Å². The first-order valence-corrected chi connectivity index (χ1v) is 8.09. The van der Waals surface area contributed by atoms with E-state index < -0.39 is 5.97 Å². The van der Waals surface area contributed by atoms with Crippen molar-refractivity contribution in [3.05, 3.63) is 0 Å². The van der Waals surface area contributed by atoms with Gasteiger partial charge in [-0.15, -0.1) is 0 Å². The van der Waals surface area contributed by atoms with Crippen molar-refractivity contribution in [2.75, 3.05) is 6.54 Å². The number of carbonyl (C=O) groups is 2. The minimum atomic E-state index is -0.783. The number of carbonyl (C=O) groups excluding carboxylic acids is 1. The van der Waals surface area contributed by atoms with Crippen LogP contribution in [0.3, 0.4) is 0 Å². The average molecular weight is 295 g/mol. The molecule has 0 aliphatic heterocycles. The van der Waals surface area contributed by atoms with E-state index in [1.807, 2.05) is 0 Å². The lowest BCUT2D eigenvalue weighted by molar-refractivity contribution is -0.140. The van der Waals surface area contributed by atoms with E-state index in [2.05, 4.69) is 33.0 Å². The number of carboxylic acid groups (broad SMARTS) is 1. The number of hydrogen-bond acceptors (Lipinski definition) is 2. The Balaban J connectivity index is 1.85. The van der Waals surface area contributed by atoms with Gasteiger partial charge in [-0.3, -0.25) is 9.59 Å². The lowest BCUT2D eigenvalue weighted by Gasteiger charge is -2.26. The van der Waals surface area contributed by atoms with Crippen LogP contribution < -0.4 is 5.32 Å². The summed E-state index contributed by atoms with van der Waals surface area (Å²) in [5, 5.41) is 12.1. The second kappa shape index (κ2) is 5.29. The maximum absolute atomic E-state index is 12.2. The Morgan fingerprint density at radius 3 is 2.00 bits per heavy atom. The van der Waals surface area contributed by atoms with E-state index >= 15 is 0 Å². The SMILES string of the molecule is CC1(C)C(CNC(=O)CC2(CC(=O)O)CCCC2)C1(C)C. The summed E-state index contributed by atoms with van der Waals surface area (Å²) in [6.07, 6.45) is 4.32. The molecule has 2 rings (SSSR count). The van der Waals surface area contributed by atoms with Gasteiger partial charge < -0.3 is 10.4 Å². The molecule has 0 aromatic carbocycles. The van der Waals surface area contributed by atoms with E-state index in [4.69, 9.17) is 5.11 Å².